The molecule has 0 saturated heterocycles. The number of halogens is 1. The quantitative estimate of drug-likeness (QED) is 0.666. The lowest BCUT2D eigenvalue weighted by Gasteiger charge is -2.27. The second-order valence-corrected chi connectivity index (χ2v) is 8.73. The highest BCUT2D eigenvalue weighted by molar-refractivity contribution is 7.89. The molecule has 0 radical (unpaired) electrons. The minimum absolute atomic E-state index is 0.143. The first-order chi connectivity index (χ1) is 12.9. The summed E-state index contributed by atoms with van der Waals surface area (Å²) in [5, 5.41) is 4.41. The van der Waals surface area contributed by atoms with Crippen LogP contribution in [-0.2, 0) is 23.0 Å². The molecule has 1 aliphatic heterocycles. The smallest absolute Gasteiger partial charge is 0.248 e. The van der Waals surface area contributed by atoms with Crippen LogP contribution in [0.25, 0.3) is 11.4 Å². The van der Waals surface area contributed by atoms with Crippen molar-refractivity contribution in [2.45, 2.75) is 31.7 Å². The minimum Gasteiger partial charge on any atom is -0.360 e. The lowest BCUT2D eigenvalue weighted by atomic mass is 10.1. The molecular formula is C18H17ClN4O3S. The van der Waals surface area contributed by atoms with Crippen molar-refractivity contribution >= 4 is 21.6 Å². The predicted octanol–water partition coefficient (Wildman–Crippen LogP) is 3.15. The average molecular weight is 405 g/mol. The minimum atomic E-state index is -3.68. The van der Waals surface area contributed by atoms with E-state index in [1.54, 1.807) is 32.2 Å². The number of rotatable bonds is 3. The molecule has 0 aliphatic carbocycles. The summed E-state index contributed by atoms with van der Waals surface area (Å²) in [4.78, 5) is 9.16. The van der Waals surface area contributed by atoms with E-state index in [1.165, 1.54) is 4.31 Å². The molecule has 3 heterocycles. The molecule has 2 aromatic heterocycles. The van der Waals surface area contributed by atoms with Crippen molar-refractivity contribution in [3.63, 3.8) is 0 Å². The molecule has 0 atom stereocenters. The summed E-state index contributed by atoms with van der Waals surface area (Å²) in [6, 6.07) is 7.30. The van der Waals surface area contributed by atoms with E-state index < -0.39 is 10.0 Å². The summed E-state index contributed by atoms with van der Waals surface area (Å²) in [6.07, 6.45) is 2.21. The van der Waals surface area contributed by atoms with Crippen LogP contribution in [0.4, 0.5) is 0 Å². The molecule has 4 rings (SSSR count). The highest BCUT2D eigenvalue weighted by Crippen LogP contribution is 2.28. The van der Waals surface area contributed by atoms with Crippen LogP contribution in [0.1, 0.15) is 22.7 Å². The van der Waals surface area contributed by atoms with E-state index in [1.807, 2.05) is 12.1 Å². The van der Waals surface area contributed by atoms with Crippen LogP contribution in [0.2, 0.25) is 5.02 Å². The van der Waals surface area contributed by atoms with Gasteiger partial charge in [0.2, 0.25) is 10.0 Å². The van der Waals surface area contributed by atoms with Crippen LogP contribution in [0.15, 0.2) is 39.9 Å². The van der Waals surface area contributed by atoms with E-state index in [9.17, 15) is 8.42 Å². The maximum atomic E-state index is 13.0. The summed E-state index contributed by atoms with van der Waals surface area (Å²) in [7, 11) is -3.68. The molecule has 27 heavy (non-hydrogen) atoms. The Morgan fingerprint density at radius 3 is 2.59 bits per heavy atom. The molecular weight excluding hydrogens is 388 g/mol. The molecule has 0 unspecified atom stereocenters. The van der Waals surface area contributed by atoms with Crippen molar-refractivity contribution < 1.29 is 12.9 Å². The maximum Gasteiger partial charge on any atom is 0.248 e. The van der Waals surface area contributed by atoms with E-state index in [2.05, 4.69) is 15.1 Å². The summed E-state index contributed by atoms with van der Waals surface area (Å²) in [6.45, 7) is 3.80. The number of nitrogens with zero attached hydrogens (tertiary/aromatic N) is 4. The summed E-state index contributed by atoms with van der Waals surface area (Å²) in [5.74, 6) is 0.903. The second-order valence-electron chi connectivity index (χ2n) is 6.41. The van der Waals surface area contributed by atoms with E-state index in [0.29, 0.717) is 35.3 Å². The lowest BCUT2D eigenvalue weighted by molar-refractivity contribution is 0.379. The maximum absolute atomic E-state index is 13.0. The molecule has 0 saturated carbocycles. The van der Waals surface area contributed by atoms with Gasteiger partial charge in [0.05, 0.1) is 5.69 Å². The third kappa shape index (κ3) is 3.24. The zero-order valence-corrected chi connectivity index (χ0v) is 16.4. The zero-order chi connectivity index (χ0) is 19.2. The number of sulfonamides is 1. The molecule has 140 valence electrons. The number of aryl methyl sites for hydroxylation is 2. The SMILES string of the molecule is Cc1noc(C)c1S(=O)(=O)N1CCc2nc(-c3ccc(Cl)cc3)ncc2C1. The number of aromatic nitrogens is 3. The van der Waals surface area contributed by atoms with Crippen molar-refractivity contribution in [3.05, 3.63) is 58.2 Å². The third-order valence-corrected chi connectivity index (χ3v) is 6.91. The van der Waals surface area contributed by atoms with Crippen LogP contribution in [0, 0.1) is 13.8 Å². The Kier molecular flexibility index (Phi) is 4.49. The first-order valence-corrected chi connectivity index (χ1v) is 10.2. The van der Waals surface area contributed by atoms with E-state index in [-0.39, 0.29) is 11.4 Å². The molecule has 7 nitrogen and oxygen atoms in total. The topological polar surface area (TPSA) is 89.2 Å². The van der Waals surface area contributed by atoms with Gasteiger partial charge in [-0.3, -0.25) is 0 Å². The Morgan fingerprint density at radius 1 is 1.19 bits per heavy atom. The van der Waals surface area contributed by atoms with E-state index in [0.717, 1.165) is 16.8 Å². The van der Waals surface area contributed by atoms with Crippen LogP contribution in [-0.4, -0.2) is 34.4 Å². The summed E-state index contributed by atoms with van der Waals surface area (Å²) >= 11 is 5.92. The molecule has 9 heteroatoms. The number of benzene rings is 1. The van der Waals surface area contributed by atoms with E-state index >= 15 is 0 Å². The van der Waals surface area contributed by atoms with Gasteiger partial charge in [-0.2, -0.15) is 4.31 Å². The fraction of sp³-hybridized carbons (Fsp3) is 0.278. The Labute approximate surface area is 162 Å². The third-order valence-electron chi connectivity index (χ3n) is 4.57. The van der Waals surface area contributed by atoms with Gasteiger partial charge >= 0.3 is 0 Å². The summed E-state index contributed by atoms with van der Waals surface area (Å²) in [5.41, 5.74) is 2.90. The van der Waals surface area contributed by atoms with Gasteiger partial charge in [0.15, 0.2) is 11.6 Å². The number of hydrogen-bond acceptors (Lipinski definition) is 6. The molecule has 1 aromatic carbocycles. The van der Waals surface area contributed by atoms with Crippen LogP contribution in [0.5, 0.6) is 0 Å². The molecule has 1 aliphatic rings. The molecule has 0 N–H and O–H groups in total. The monoisotopic (exact) mass is 404 g/mol. The van der Waals surface area contributed by atoms with Gasteiger partial charge in [-0.25, -0.2) is 18.4 Å². The first-order valence-electron chi connectivity index (χ1n) is 8.40. The van der Waals surface area contributed by atoms with Gasteiger partial charge in [-0.15, -0.1) is 0 Å². The zero-order valence-electron chi connectivity index (χ0n) is 14.8. The van der Waals surface area contributed by atoms with Gasteiger partial charge in [-0.1, -0.05) is 16.8 Å². The second kappa shape index (κ2) is 6.70. The van der Waals surface area contributed by atoms with Gasteiger partial charge in [0.1, 0.15) is 10.6 Å². The highest BCUT2D eigenvalue weighted by Gasteiger charge is 2.33. The molecule has 0 spiro atoms. The summed E-state index contributed by atoms with van der Waals surface area (Å²) < 4.78 is 32.4. The molecule has 3 aromatic rings. The fourth-order valence-electron chi connectivity index (χ4n) is 3.21. The predicted molar refractivity (Wildman–Crippen MR) is 99.8 cm³/mol. The fourth-order valence-corrected chi connectivity index (χ4v) is 5.04. The first kappa shape index (κ1) is 18.1. The van der Waals surface area contributed by atoms with Crippen LogP contribution >= 0.6 is 11.6 Å². The Balaban J connectivity index is 1.63. The van der Waals surface area contributed by atoms with Crippen molar-refractivity contribution in [1.29, 1.82) is 0 Å². The van der Waals surface area contributed by atoms with Gasteiger partial charge in [-0.05, 0) is 38.1 Å². The van der Waals surface area contributed by atoms with Gasteiger partial charge in [0.25, 0.3) is 0 Å². The molecule has 0 bridgehead atoms. The lowest BCUT2D eigenvalue weighted by Crippen LogP contribution is -2.37. The Morgan fingerprint density at radius 2 is 1.93 bits per heavy atom. The van der Waals surface area contributed by atoms with Crippen molar-refractivity contribution in [2.75, 3.05) is 6.54 Å². The molecule has 0 amide bonds. The molecule has 0 fully saturated rings. The van der Waals surface area contributed by atoms with Gasteiger partial charge < -0.3 is 4.52 Å². The number of fused-ring (bicyclic) bond motifs is 1. The average Bonchev–Trinajstić information content (AvgIpc) is 3.00. The van der Waals surface area contributed by atoms with Crippen molar-refractivity contribution in [2.24, 2.45) is 0 Å². The highest BCUT2D eigenvalue weighted by atomic mass is 35.5. The van der Waals surface area contributed by atoms with Crippen LogP contribution < -0.4 is 0 Å². The van der Waals surface area contributed by atoms with Gasteiger partial charge in [0, 0.05) is 41.9 Å². The standard InChI is InChI=1S/C18H17ClN4O3S/c1-11-17(12(2)26-22-11)27(24,25)23-8-7-16-14(10-23)9-20-18(21-16)13-3-5-15(19)6-4-13/h3-6,9H,7-8,10H2,1-2H3. The Hall–Kier alpha value is -2.29. The van der Waals surface area contributed by atoms with Crippen molar-refractivity contribution in [3.8, 4) is 11.4 Å². The largest absolute Gasteiger partial charge is 0.360 e. The van der Waals surface area contributed by atoms with E-state index in [4.69, 9.17) is 16.1 Å². The Bertz CT molecular complexity index is 1090. The van der Waals surface area contributed by atoms with Crippen molar-refractivity contribution in [1.82, 2.24) is 19.4 Å². The normalized spacial score (nSPS) is 14.9. The van der Waals surface area contributed by atoms with Crippen LogP contribution in [0.3, 0.4) is 0 Å². The number of hydrogen-bond donors (Lipinski definition) is 0.